The first-order valence-electron chi connectivity index (χ1n) is 4.48. The molecule has 2 rings (SSSR count). The smallest absolute Gasteiger partial charge is 0.0829 e. The first kappa shape index (κ1) is 9.12. The quantitative estimate of drug-likeness (QED) is 0.744. The summed E-state index contributed by atoms with van der Waals surface area (Å²) in [4.78, 5) is 1.25. The summed E-state index contributed by atoms with van der Waals surface area (Å²) in [6.07, 6.45) is 1.84. The van der Waals surface area contributed by atoms with E-state index in [1.807, 2.05) is 6.20 Å². The third kappa shape index (κ3) is 1.75. The second-order valence-corrected chi connectivity index (χ2v) is 4.62. The van der Waals surface area contributed by atoms with Crippen LogP contribution in [-0.4, -0.2) is 23.1 Å². The predicted octanol–water partition coefficient (Wildman–Crippen LogP) is 1.58. The highest BCUT2D eigenvalue weighted by atomic mass is 32.1. The summed E-state index contributed by atoms with van der Waals surface area (Å²) < 4.78 is 9.83. The Morgan fingerprint density at radius 2 is 2.54 bits per heavy atom. The molecule has 0 aliphatic carbocycles. The first-order valence-corrected chi connectivity index (χ1v) is 5.25. The Morgan fingerprint density at radius 1 is 1.69 bits per heavy atom. The zero-order valence-electron chi connectivity index (χ0n) is 7.91. The molecule has 1 aliphatic heterocycles. The van der Waals surface area contributed by atoms with Gasteiger partial charge in [-0.15, -0.1) is 0 Å². The molecule has 1 aromatic heterocycles. The van der Waals surface area contributed by atoms with Crippen LogP contribution >= 0.6 is 11.5 Å². The summed E-state index contributed by atoms with van der Waals surface area (Å²) in [5.74, 6) is 0. The van der Waals surface area contributed by atoms with Crippen molar-refractivity contribution in [2.45, 2.75) is 25.5 Å². The van der Waals surface area contributed by atoms with Gasteiger partial charge in [0, 0.05) is 17.6 Å². The van der Waals surface area contributed by atoms with Crippen LogP contribution in [0.1, 0.15) is 24.8 Å². The molecule has 0 radical (unpaired) electrons. The van der Waals surface area contributed by atoms with Gasteiger partial charge in [0.15, 0.2) is 0 Å². The molecule has 1 unspecified atom stereocenters. The molecule has 4 heteroatoms. The van der Waals surface area contributed by atoms with Gasteiger partial charge in [-0.25, -0.2) is 4.37 Å². The Morgan fingerprint density at radius 3 is 3.15 bits per heavy atom. The van der Waals surface area contributed by atoms with Crippen LogP contribution in [0.25, 0.3) is 0 Å². The molecule has 0 amide bonds. The molecular weight excluding hydrogens is 184 g/mol. The molecule has 0 bridgehead atoms. The minimum absolute atomic E-state index is 0.120. The van der Waals surface area contributed by atoms with Crippen molar-refractivity contribution < 1.29 is 4.74 Å². The van der Waals surface area contributed by atoms with Gasteiger partial charge in [0.25, 0.3) is 0 Å². The highest BCUT2D eigenvalue weighted by Gasteiger charge is 2.35. The summed E-state index contributed by atoms with van der Waals surface area (Å²) >= 11 is 1.54. The van der Waals surface area contributed by atoms with Gasteiger partial charge in [-0.05, 0) is 31.4 Å². The van der Waals surface area contributed by atoms with Crippen molar-refractivity contribution in [2.24, 2.45) is 0 Å². The number of rotatable bonds is 1. The third-order valence-corrected chi connectivity index (χ3v) is 3.17. The lowest BCUT2D eigenvalue weighted by Crippen LogP contribution is -2.48. The van der Waals surface area contributed by atoms with Crippen LogP contribution in [0.2, 0.25) is 0 Å². The van der Waals surface area contributed by atoms with Crippen molar-refractivity contribution in [3.63, 3.8) is 0 Å². The van der Waals surface area contributed by atoms with Gasteiger partial charge >= 0.3 is 0 Å². The molecule has 2 heterocycles. The van der Waals surface area contributed by atoms with Crippen molar-refractivity contribution in [1.82, 2.24) is 9.69 Å². The first-order chi connectivity index (χ1) is 6.20. The monoisotopic (exact) mass is 198 g/mol. The minimum Gasteiger partial charge on any atom is -0.372 e. The molecule has 0 saturated carbocycles. The van der Waals surface area contributed by atoms with E-state index in [9.17, 15) is 0 Å². The summed E-state index contributed by atoms with van der Waals surface area (Å²) in [5, 5.41) is 3.46. The van der Waals surface area contributed by atoms with E-state index >= 15 is 0 Å². The van der Waals surface area contributed by atoms with Crippen molar-refractivity contribution in [3.8, 4) is 0 Å². The number of hydrogen-bond donors (Lipinski definition) is 1. The second kappa shape index (κ2) is 3.36. The molecule has 1 N–H and O–H groups in total. The largest absolute Gasteiger partial charge is 0.372 e. The maximum atomic E-state index is 5.72. The average molecular weight is 198 g/mol. The Bertz CT molecular complexity index is 271. The lowest BCUT2D eigenvalue weighted by Gasteiger charge is -2.38. The summed E-state index contributed by atoms with van der Waals surface area (Å²) in [6, 6.07) is 2.34. The maximum Gasteiger partial charge on any atom is 0.0829 e. The Labute approximate surface area is 82.3 Å². The van der Waals surface area contributed by atoms with Crippen LogP contribution in [0.15, 0.2) is 12.3 Å². The maximum absolute atomic E-state index is 5.72. The van der Waals surface area contributed by atoms with Gasteiger partial charge in [-0.1, -0.05) is 0 Å². The molecule has 1 aliphatic rings. The fourth-order valence-corrected chi connectivity index (χ4v) is 2.50. The fourth-order valence-electron chi connectivity index (χ4n) is 1.66. The molecule has 1 aromatic rings. The van der Waals surface area contributed by atoms with Gasteiger partial charge in [0.05, 0.1) is 18.2 Å². The second-order valence-electron chi connectivity index (χ2n) is 3.75. The molecule has 1 saturated heterocycles. The van der Waals surface area contributed by atoms with Gasteiger partial charge in [-0.2, -0.15) is 0 Å². The van der Waals surface area contributed by atoms with Crippen LogP contribution in [-0.2, 0) is 4.74 Å². The van der Waals surface area contributed by atoms with E-state index in [1.165, 1.54) is 16.4 Å². The summed E-state index contributed by atoms with van der Waals surface area (Å²) in [6.45, 7) is 5.95. The van der Waals surface area contributed by atoms with E-state index < -0.39 is 0 Å². The lowest BCUT2D eigenvalue weighted by atomic mass is 9.96. The van der Waals surface area contributed by atoms with Gasteiger partial charge in [0.2, 0.25) is 0 Å². The molecule has 13 heavy (non-hydrogen) atoms. The van der Waals surface area contributed by atoms with Gasteiger partial charge in [0.1, 0.15) is 0 Å². The Kier molecular flexibility index (Phi) is 2.36. The standard InChI is InChI=1S/C9H14N2OS/c1-9(2)8(10-5-6-12-9)7-3-4-11-13-7/h3-4,8,10H,5-6H2,1-2H3. The third-order valence-electron chi connectivity index (χ3n) is 2.36. The molecule has 0 spiro atoms. The van der Waals surface area contributed by atoms with Crippen LogP contribution in [0.5, 0.6) is 0 Å². The number of aromatic nitrogens is 1. The number of ether oxygens (including phenoxy) is 1. The zero-order valence-corrected chi connectivity index (χ0v) is 8.73. The van der Waals surface area contributed by atoms with Crippen LogP contribution in [0.3, 0.4) is 0 Å². The number of nitrogens with one attached hydrogen (secondary N) is 1. The van der Waals surface area contributed by atoms with Gasteiger partial charge < -0.3 is 10.1 Å². The van der Waals surface area contributed by atoms with Crippen LogP contribution < -0.4 is 5.32 Å². The molecule has 0 aromatic carbocycles. The van der Waals surface area contributed by atoms with E-state index in [0.717, 1.165) is 13.2 Å². The lowest BCUT2D eigenvalue weighted by molar-refractivity contribution is -0.0713. The average Bonchev–Trinajstić information content (AvgIpc) is 2.55. The van der Waals surface area contributed by atoms with E-state index in [4.69, 9.17) is 4.74 Å². The zero-order chi connectivity index (χ0) is 9.31. The molecule has 1 atom stereocenters. The number of hydrogen-bond acceptors (Lipinski definition) is 4. The topological polar surface area (TPSA) is 34.1 Å². The Hall–Kier alpha value is -0.450. The minimum atomic E-state index is -0.120. The number of nitrogens with zero attached hydrogens (tertiary/aromatic N) is 1. The predicted molar refractivity (Wildman–Crippen MR) is 52.9 cm³/mol. The van der Waals surface area contributed by atoms with E-state index in [-0.39, 0.29) is 11.6 Å². The Balaban J connectivity index is 2.21. The number of morpholine rings is 1. The molecule has 3 nitrogen and oxygen atoms in total. The fraction of sp³-hybridized carbons (Fsp3) is 0.667. The molecule has 72 valence electrons. The van der Waals surface area contributed by atoms with Gasteiger partial charge in [-0.3, -0.25) is 0 Å². The van der Waals surface area contributed by atoms with E-state index in [1.54, 1.807) is 0 Å². The van der Waals surface area contributed by atoms with E-state index in [0.29, 0.717) is 0 Å². The van der Waals surface area contributed by atoms with Crippen LogP contribution in [0, 0.1) is 0 Å². The summed E-state index contributed by atoms with van der Waals surface area (Å²) in [5.41, 5.74) is -0.120. The highest BCUT2D eigenvalue weighted by molar-refractivity contribution is 7.05. The van der Waals surface area contributed by atoms with Crippen molar-refractivity contribution >= 4 is 11.5 Å². The summed E-state index contributed by atoms with van der Waals surface area (Å²) in [7, 11) is 0. The molecule has 1 fully saturated rings. The van der Waals surface area contributed by atoms with Crippen molar-refractivity contribution in [3.05, 3.63) is 17.1 Å². The van der Waals surface area contributed by atoms with E-state index in [2.05, 4.69) is 29.6 Å². The molecular formula is C9H14N2OS. The normalized spacial score (nSPS) is 27.4. The van der Waals surface area contributed by atoms with Crippen molar-refractivity contribution in [1.29, 1.82) is 0 Å². The SMILES string of the molecule is CC1(C)OCCNC1c1ccns1. The van der Waals surface area contributed by atoms with Crippen LogP contribution in [0.4, 0.5) is 0 Å². The van der Waals surface area contributed by atoms with Crippen molar-refractivity contribution in [2.75, 3.05) is 13.2 Å². The highest BCUT2D eigenvalue weighted by Crippen LogP contribution is 2.32.